The Hall–Kier alpha value is -1.02. The molecule has 1 saturated heterocycles. The predicted octanol–water partition coefficient (Wildman–Crippen LogP) is 3.76. The van der Waals surface area contributed by atoms with Crippen molar-refractivity contribution in [1.29, 1.82) is 0 Å². The molecule has 3 rings (SSSR count). The summed E-state index contributed by atoms with van der Waals surface area (Å²) in [5, 5.41) is 4.69. The first-order valence-electron chi connectivity index (χ1n) is 8.01. The maximum atomic E-state index is 4.52. The lowest BCUT2D eigenvalue weighted by atomic mass is 10.1. The maximum absolute atomic E-state index is 4.52. The molecule has 1 aromatic carbocycles. The molecular formula is C18H25IN4S. The van der Waals surface area contributed by atoms with Gasteiger partial charge in [0, 0.05) is 48.8 Å². The van der Waals surface area contributed by atoms with E-state index in [1.54, 1.807) is 0 Å². The van der Waals surface area contributed by atoms with Gasteiger partial charge in [-0.25, -0.2) is 0 Å². The zero-order valence-corrected chi connectivity index (χ0v) is 17.6. The fourth-order valence-corrected chi connectivity index (χ4v) is 4.13. The Balaban J connectivity index is 0.00000208. The van der Waals surface area contributed by atoms with E-state index >= 15 is 0 Å². The molecule has 0 atom stereocenters. The first-order valence-corrected chi connectivity index (χ1v) is 9.00. The number of para-hydroxylation sites is 1. The van der Waals surface area contributed by atoms with E-state index in [1.165, 1.54) is 10.9 Å². The Bertz CT molecular complexity index is 712. The molecule has 1 aliphatic rings. The third-order valence-corrected chi connectivity index (χ3v) is 5.39. The van der Waals surface area contributed by atoms with E-state index in [0.29, 0.717) is 0 Å². The Labute approximate surface area is 165 Å². The van der Waals surface area contributed by atoms with Crippen LogP contribution >= 0.6 is 35.7 Å². The van der Waals surface area contributed by atoms with Gasteiger partial charge < -0.3 is 10.2 Å². The lowest BCUT2D eigenvalue weighted by molar-refractivity contribution is 0.376. The summed E-state index contributed by atoms with van der Waals surface area (Å²) in [7, 11) is 1.86. The number of pyridine rings is 1. The monoisotopic (exact) mass is 456 g/mol. The van der Waals surface area contributed by atoms with Gasteiger partial charge in [-0.2, -0.15) is 11.8 Å². The number of hydrogen-bond acceptors (Lipinski definition) is 3. The minimum Gasteiger partial charge on any atom is -0.352 e. The number of nitrogens with zero attached hydrogens (tertiary/aromatic N) is 3. The summed E-state index contributed by atoms with van der Waals surface area (Å²) >= 11 is 2.03. The van der Waals surface area contributed by atoms with Gasteiger partial charge in [-0.05, 0) is 25.5 Å². The van der Waals surface area contributed by atoms with Crippen molar-refractivity contribution in [1.82, 2.24) is 15.2 Å². The summed E-state index contributed by atoms with van der Waals surface area (Å²) in [5.41, 5.74) is 2.27. The summed E-state index contributed by atoms with van der Waals surface area (Å²) in [4.78, 5) is 11.4. The van der Waals surface area contributed by atoms with Crippen LogP contribution in [0.15, 0.2) is 41.5 Å². The van der Waals surface area contributed by atoms with E-state index in [-0.39, 0.29) is 28.7 Å². The topological polar surface area (TPSA) is 40.5 Å². The standard InChI is InChI=1S/C18H24N4S.HI/c1-18(2)13-22(10-11-23-18)17(19-3)21-12-15-7-4-6-14-8-5-9-20-16(14)15;/h4-9H,10-13H2,1-3H3,(H,19,21);1H. The van der Waals surface area contributed by atoms with Crippen LogP contribution in [-0.4, -0.2) is 46.5 Å². The van der Waals surface area contributed by atoms with Crippen LogP contribution in [0, 0.1) is 0 Å². The molecule has 130 valence electrons. The lowest BCUT2D eigenvalue weighted by Gasteiger charge is -2.39. The van der Waals surface area contributed by atoms with Crippen molar-refractivity contribution in [3.8, 4) is 0 Å². The summed E-state index contributed by atoms with van der Waals surface area (Å²) < 4.78 is 0.275. The van der Waals surface area contributed by atoms with Crippen LogP contribution in [0.1, 0.15) is 19.4 Å². The molecule has 24 heavy (non-hydrogen) atoms. The SMILES string of the molecule is CN=C(NCc1cccc2cccnc12)N1CCSC(C)(C)C1.I. The van der Waals surface area contributed by atoms with E-state index in [9.17, 15) is 0 Å². The normalized spacial score (nSPS) is 17.5. The number of thioether (sulfide) groups is 1. The van der Waals surface area contributed by atoms with Crippen LogP contribution in [0.4, 0.5) is 0 Å². The van der Waals surface area contributed by atoms with Crippen LogP contribution in [0.2, 0.25) is 0 Å². The van der Waals surface area contributed by atoms with Gasteiger partial charge in [-0.3, -0.25) is 9.98 Å². The molecule has 0 amide bonds. The number of hydrogen-bond donors (Lipinski definition) is 1. The summed E-state index contributed by atoms with van der Waals surface area (Å²) in [6.45, 7) is 7.40. The summed E-state index contributed by atoms with van der Waals surface area (Å²) in [6.07, 6.45) is 1.85. The molecule has 1 aliphatic heterocycles. The zero-order chi connectivity index (χ0) is 16.3. The van der Waals surface area contributed by atoms with E-state index < -0.39 is 0 Å². The quantitative estimate of drug-likeness (QED) is 0.425. The highest BCUT2D eigenvalue weighted by Gasteiger charge is 2.28. The highest BCUT2D eigenvalue weighted by molar-refractivity contribution is 14.0. The third kappa shape index (κ3) is 4.53. The largest absolute Gasteiger partial charge is 0.352 e. The summed E-state index contributed by atoms with van der Waals surface area (Å²) in [5.74, 6) is 2.12. The van der Waals surface area contributed by atoms with Crippen LogP contribution in [0.25, 0.3) is 10.9 Å². The minimum absolute atomic E-state index is 0. The smallest absolute Gasteiger partial charge is 0.193 e. The fourth-order valence-electron chi connectivity index (χ4n) is 3.01. The van der Waals surface area contributed by atoms with E-state index in [2.05, 4.69) is 58.3 Å². The second-order valence-electron chi connectivity index (χ2n) is 6.42. The van der Waals surface area contributed by atoms with Crippen molar-refractivity contribution < 1.29 is 0 Å². The third-order valence-electron chi connectivity index (χ3n) is 4.09. The number of aromatic nitrogens is 1. The van der Waals surface area contributed by atoms with Crippen molar-refractivity contribution in [2.75, 3.05) is 25.9 Å². The molecule has 6 heteroatoms. The van der Waals surface area contributed by atoms with Gasteiger partial charge >= 0.3 is 0 Å². The average molecular weight is 456 g/mol. The van der Waals surface area contributed by atoms with Crippen LogP contribution in [0.3, 0.4) is 0 Å². The number of aliphatic imine (C=N–C) groups is 1. The Morgan fingerprint density at radius 3 is 2.88 bits per heavy atom. The first-order chi connectivity index (χ1) is 11.1. The van der Waals surface area contributed by atoms with E-state index in [1.807, 2.05) is 31.1 Å². The Kier molecular flexibility index (Phi) is 6.74. The highest BCUT2D eigenvalue weighted by Crippen LogP contribution is 2.29. The first kappa shape index (κ1) is 19.3. The van der Waals surface area contributed by atoms with Crippen molar-refractivity contribution in [3.05, 3.63) is 42.1 Å². The molecule has 0 unspecified atom stereocenters. The molecule has 4 nitrogen and oxygen atoms in total. The second-order valence-corrected chi connectivity index (χ2v) is 8.22. The predicted molar refractivity (Wildman–Crippen MR) is 115 cm³/mol. The van der Waals surface area contributed by atoms with Crippen LogP contribution in [-0.2, 0) is 6.54 Å². The molecule has 2 heterocycles. The number of halogens is 1. The van der Waals surface area contributed by atoms with Gasteiger partial charge in [0.05, 0.1) is 5.52 Å². The molecule has 1 fully saturated rings. The zero-order valence-electron chi connectivity index (χ0n) is 14.5. The molecule has 0 aliphatic carbocycles. The number of fused-ring (bicyclic) bond motifs is 1. The average Bonchev–Trinajstić information content (AvgIpc) is 2.55. The van der Waals surface area contributed by atoms with Crippen LogP contribution < -0.4 is 5.32 Å². The summed E-state index contributed by atoms with van der Waals surface area (Å²) in [6, 6.07) is 10.4. The molecule has 0 saturated carbocycles. The van der Waals surface area contributed by atoms with Gasteiger partial charge in [0.1, 0.15) is 0 Å². The van der Waals surface area contributed by atoms with Gasteiger partial charge in [-0.15, -0.1) is 24.0 Å². The molecule has 0 radical (unpaired) electrons. The minimum atomic E-state index is 0. The molecular weight excluding hydrogens is 431 g/mol. The number of nitrogens with one attached hydrogen (secondary N) is 1. The maximum Gasteiger partial charge on any atom is 0.193 e. The second kappa shape index (κ2) is 8.38. The molecule has 0 bridgehead atoms. The van der Waals surface area contributed by atoms with Gasteiger partial charge in [0.15, 0.2) is 5.96 Å². The van der Waals surface area contributed by atoms with Crippen LogP contribution in [0.5, 0.6) is 0 Å². The molecule has 1 N–H and O–H groups in total. The van der Waals surface area contributed by atoms with E-state index in [0.717, 1.165) is 36.9 Å². The Morgan fingerprint density at radius 1 is 1.33 bits per heavy atom. The number of rotatable bonds is 2. The van der Waals surface area contributed by atoms with Crippen molar-refractivity contribution >= 4 is 52.6 Å². The molecule has 1 aromatic heterocycles. The Morgan fingerprint density at radius 2 is 2.12 bits per heavy atom. The van der Waals surface area contributed by atoms with Gasteiger partial charge in [-0.1, -0.05) is 24.3 Å². The fraction of sp³-hybridized carbons (Fsp3) is 0.444. The number of guanidine groups is 1. The van der Waals surface area contributed by atoms with Crippen molar-refractivity contribution in [3.63, 3.8) is 0 Å². The van der Waals surface area contributed by atoms with Crippen molar-refractivity contribution in [2.45, 2.75) is 25.1 Å². The van der Waals surface area contributed by atoms with E-state index in [4.69, 9.17) is 0 Å². The number of benzene rings is 1. The van der Waals surface area contributed by atoms with Gasteiger partial charge in [0.25, 0.3) is 0 Å². The lowest BCUT2D eigenvalue weighted by Crippen LogP contribution is -2.50. The highest BCUT2D eigenvalue weighted by atomic mass is 127. The molecule has 2 aromatic rings. The van der Waals surface area contributed by atoms with Crippen molar-refractivity contribution in [2.24, 2.45) is 4.99 Å². The molecule has 0 spiro atoms. The van der Waals surface area contributed by atoms with Gasteiger partial charge in [0.2, 0.25) is 0 Å².